The number of hydrogen-bond acceptors (Lipinski definition) is 4. The van der Waals surface area contributed by atoms with Crippen molar-refractivity contribution in [3.63, 3.8) is 0 Å². The summed E-state index contributed by atoms with van der Waals surface area (Å²) in [5.74, 6) is 0. The second kappa shape index (κ2) is 8.23. The van der Waals surface area contributed by atoms with Crippen LogP contribution in [0.2, 0.25) is 0 Å². The fourth-order valence-corrected chi connectivity index (χ4v) is 3.69. The molecule has 3 nitrogen and oxygen atoms in total. The van der Waals surface area contributed by atoms with Crippen LogP contribution in [0.1, 0.15) is 22.9 Å². The molecule has 134 valence electrons. The first kappa shape index (κ1) is 17.6. The molecule has 2 aromatic carbocycles. The van der Waals surface area contributed by atoms with Crippen molar-refractivity contribution in [1.29, 1.82) is 0 Å². The molecule has 1 aromatic heterocycles. The minimum Gasteiger partial charge on any atom is -0.363 e. The molecular formula is C23H21N3S. The molecule has 0 unspecified atom stereocenters. The predicted molar refractivity (Wildman–Crippen MR) is 112 cm³/mol. The molecule has 1 aliphatic heterocycles. The topological polar surface area (TPSA) is 29.0 Å². The van der Waals surface area contributed by atoms with Gasteiger partial charge in [-0.05, 0) is 35.1 Å². The maximum absolute atomic E-state index is 4.61. The van der Waals surface area contributed by atoms with Gasteiger partial charge in [-0.3, -0.25) is 0 Å². The van der Waals surface area contributed by atoms with Gasteiger partial charge in [0, 0.05) is 18.9 Å². The minimum absolute atomic E-state index is 0.189. The van der Waals surface area contributed by atoms with E-state index in [1.807, 2.05) is 18.5 Å². The molecule has 0 radical (unpaired) electrons. The zero-order chi connectivity index (χ0) is 18.5. The summed E-state index contributed by atoms with van der Waals surface area (Å²) >= 11 is 1.56. The van der Waals surface area contributed by atoms with Crippen LogP contribution in [0.4, 0.5) is 0 Å². The van der Waals surface area contributed by atoms with Crippen LogP contribution >= 0.6 is 11.8 Å². The van der Waals surface area contributed by atoms with Crippen LogP contribution in [0.3, 0.4) is 0 Å². The molecule has 1 aliphatic rings. The first-order chi connectivity index (χ1) is 13.3. The molecule has 27 heavy (non-hydrogen) atoms. The van der Waals surface area contributed by atoms with Gasteiger partial charge in [0.2, 0.25) is 0 Å². The predicted octanol–water partition coefficient (Wildman–Crippen LogP) is 5.20. The van der Waals surface area contributed by atoms with Crippen LogP contribution in [0, 0.1) is 0 Å². The van der Waals surface area contributed by atoms with Gasteiger partial charge in [0.05, 0.1) is 11.7 Å². The molecule has 0 bridgehead atoms. The van der Waals surface area contributed by atoms with Crippen molar-refractivity contribution >= 4 is 17.3 Å². The Labute approximate surface area is 164 Å². The maximum atomic E-state index is 4.61. The van der Waals surface area contributed by atoms with Crippen molar-refractivity contribution in [3.8, 4) is 0 Å². The third kappa shape index (κ3) is 3.96. The lowest BCUT2D eigenvalue weighted by molar-refractivity contribution is 0.347. The van der Waals surface area contributed by atoms with Gasteiger partial charge in [0.15, 0.2) is 5.16 Å². The summed E-state index contributed by atoms with van der Waals surface area (Å²) < 4.78 is 0. The average Bonchev–Trinajstić information content (AvgIpc) is 2.76. The number of rotatable bonds is 5. The van der Waals surface area contributed by atoms with E-state index in [4.69, 9.17) is 0 Å². The zero-order valence-electron chi connectivity index (χ0n) is 15.2. The Bertz CT molecular complexity index is 912. The molecule has 0 amide bonds. The Morgan fingerprint density at radius 1 is 0.926 bits per heavy atom. The molecule has 0 fully saturated rings. The van der Waals surface area contributed by atoms with Gasteiger partial charge in [-0.1, -0.05) is 78.5 Å². The van der Waals surface area contributed by atoms with Gasteiger partial charge in [-0.2, -0.15) is 0 Å². The third-order valence-corrected chi connectivity index (χ3v) is 5.20. The highest BCUT2D eigenvalue weighted by molar-refractivity contribution is 7.98. The van der Waals surface area contributed by atoms with Gasteiger partial charge in [0.25, 0.3) is 0 Å². The van der Waals surface area contributed by atoms with Crippen LogP contribution in [0.5, 0.6) is 0 Å². The van der Waals surface area contributed by atoms with Crippen molar-refractivity contribution in [2.24, 2.45) is 0 Å². The summed E-state index contributed by atoms with van der Waals surface area (Å²) in [7, 11) is 0. The molecular weight excluding hydrogens is 350 g/mol. The minimum atomic E-state index is 0.189. The Morgan fingerprint density at radius 3 is 2.15 bits per heavy atom. The van der Waals surface area contributed by atoms with E-state index < -0.39 is 0 Å². The Balaban J connectivity index is 1.62. The summed E-state index contributed by atoms with van der Waals surface area (Å²) in [4.78, 5) is 11.2. The number of nitrogens with zero attached hydrogens (tertiary/aromatic N) is 3. The highest BCUT2D eigenvalue weighted by Gasteiger charge is 2.21. The van der Waals surface area contributed by atoms with E-state index in [0.717, 1.165) is 23.0 Å². The lowest BCUT2D eigenvalue weighted by atomic mass is 9.96. The van der Waals surface area contributed by atoms with Crippen LogP contribution in [-0.2, 0) is 0 Å². The fraction of sp³-hybridized carbons (Fsp3) is 0.130. The van der Waals surface area contributed by atoms with Gasteiger partial charge >= 0.3 is 0 Å². The monoisotopic (exact) mass is 371 g/mol. The summed E-state index contributed by atoms with van der Waals surface area (Å²) in [5.41, 5.74) is 4.69. The van der Waals surface area contributed by atoms with E-state index in [2.05, 4.69) is 93.9 Å². The second-order valence-electron chi connectivity index (χ2n) is 6.32. The van der Waals surface area contributed by atoms with Gasteiger partial charge in [0.1, 0.15) is 0 Å². The standard InChI is InChI=1S/C23H21N3S/c1-27-23-24-15-12-21(25-23)18-13-16-26(17-14-18)22(19-8-4-2-5-9-19)20-10-6-3-7-11-20/h2-16,22H,17H2,1H3. The van der Waals surface area contributed by atoms with Crippen LogP contribution in [-0.4, -0.2) is 27.7 Å². The number of hydrogen-bond donors (Lipinski definition) is 0. The normalized spacial score (nSPS) is 13.7. The molecule has 2 heterocycles. The number of thioether (sulfide) groups is 1. The smallest absolute Gasteiger partial charge is 0.187 e. The van der Waals surface area contributed by atoms with E-state index in [-0.39, 0.29) is 6.04 Å². The van der Waals surface area contributed by atoms with E-state index in [0.29, 0.717) is 0 Å². The fourth-order valence-electron chi connectivity index (χ4n) is 3.34. The maximum Gasteiger partial charge on any atom is 0.187 e. The van der Waals surface area contributed by atoms with Crippen molar-refractivity contribution in [1.82, 2.24) is 14.9 Å². The van der Waals surface area contributed by atoms with Gasteiger partial charge in [-0.25, -0.2) is 9.97 Å². The molecule has 0 saturated carbocycles. The highest BCUT2D eigenvalue weighted by Crippen LogP contribution is 2.31. The quantitative estimate of drug-likeness (QED) is 0.455. The van der Waals surface area contributed by atoms with Crippen LogP contribution in [0.25, 0.3) is 5.57 Å². The Kier molecular flexibility index (Phi) is 5.35. The lowest BCUT2D eigenvalue weighted by Crippen LogP contribution is -2.26. The van der Waals surface area contributed by atoms with E-state index >= 15 is 0 Å². The molecule has 0 aliphatic carbocycles. The van der Waals surface area contributed by atoms with Crippen molar-refractivity contribution < 1.29 is 0 Å². The van der Waals surface area contributed by atoms with Crippen molar-refractivity contribution in [2.75, 3.05) is 12.8 Å². The SMILES string of the molecule is CSc1nccc(C2=CCN(C(c3ccccc3)c3ccccc3)C=C2)n1. The molecule has 0 saturated heterocycles. The molecule has 0 atom stereocenters. The van der Waals surface area contributed by atoms with Crippen molar-refractivity contribution in [3.05, 3.63) is 108 Å². The van der Waals surface area contributed by atoms with E-state index in [1.54, 1.807) is 11.8 Å². The third-order valence-electron chi connectivity index (χ3n) is 4.64. The van der Waals surface area contributed by atoms with Gasteiger partial charge in [-0.15, -0.1) is 0 Å². The lowest BCUT2D eigenvalue weighted by Gasteiger charge is -2.32. The summed E-state index contributed by atoms with van der Waals surface area (Å²) in [6.07, 6.45) is 10.4. The molecule has 3 aromatic rings. The van der Waals surface area contributed by atoms with E-state index in [1.165, 1.54) is 11.1 Å². The summed E-state index contributed by atoms with van der Waals surface area (Å²) in [5, 5.41) is 0.802. The number of benzene rings is 2. The molecule has 0 spiro atoms. The zero-order valence-corrected chi connectivity index (χ0v) is 16.0. The number of allylic oxidation sites excluding steroid dienone is 2. The summed E-state index contributed by atoms with van der Waals surface area (Å²) in [6, 6.07) is 23.5. The van der Waals surface area contributed by atoms with Crippen LogP contribution in [0.15, 0.2) is 96.4 Å². The average molecular weight is 372 g/mol. The van der Waals surface area contributed by atoms with Crippen LogP contribution < -0.4 is 0 Å². The molecule has 4 heteroatoms. The Hall–Kier alpha value is -2.85. The molecule has 4 rings (SSSR count). The number of aromatic nitrogens is 2. The van der Waals surface area contributed by atoms with Gasteiger partial charge < -0.3 is 4.90 Å². The first-order valence-corrected chi connectivity index (χ1v) is 10.2. The van der Waals surface area contributed by atoms with E-state index in [9.17, 15) is 0 Å². The first-order valence-electron chi connectivity index (χ1n) is 8.96. The highest BCUT2D eigenvalue weighted by atomic mass is 32.2. The molecule has 0 N–H and O–H groups in total. The largest absolute Gasteiger partial charge is 0.363 e. The summed E-state index contributed by atoms with van der Waals surface area (Å²) in [6.45, 7) is 0.832. The van der Waals surface area contributed by atoms with Crippen molar-refractivity contribution in [2.45, 2.75) is 11.2 Å². The second-order valence-corrected chi connectivity index (χ2v) is 7.10. The Morgan fingerprint density at radius 2 is 1.59 bits per heavy atom.